The van der Waals surface area contributed by atoms with Crippen LogP contribution in [0.5, 0.6) is 0 Å². The molecule has 0 unspecified atom stereocenters. The molecule has 0 heterocycles. The van der Waals surface area contributed by atoms with E-state index in [1.54, 1.807) is 25.1 Å². The van der Waals surface area contributed by atoms with Crippen LogP contribution in [0.2, 0.25) is 0 Å². The second kappa shape index (κ2) is 11.4. The summed E-state index contributed by atoms with van der Waals surface area (Å²) in [5.41, 5.74) is -7.23. The molecule has 238 valence electrons. The highest BCUT2D eigenvalue weighted by Gasteiger charge is 2.76. The number of hydrogen-bond acceptors (Lipinski definition) is 11. The van der Waals surface area contributed by atoms with E-state index in [4.69, 9.17) is 25.8 Å². The first-order valence-electron chi connectivity index (χ1n) is 14.2. The van der Waals surface area contributed by atoms with Gasteiger partial charge in [0.1, 0.15) is 30.0 Å². The molecule has 0 radical (unpaired) electrons. The van der Waals surface area contributed by atoms with Crippen molar-refractivity contribution in [1.29, 1.82) is 0 Å². The van der Waals surface area contributed by atoms with Crippen LogP contribution in [-0.2, 0) is 23.8 Å². The fourth-order valence-corrected chi connectivity index (χ4v) is 8.31. The lowest BCUT2D eigenvalue weighted by Gasteiger charge is -2.60. The van der Waals surface area contributed by atoms with Crippen LogP contribution in [0.25, 0.3) is 0 Å². The summed E-state index contributed by atoms with van der Waals surface area (Å²) >= 11 is 6.40. The number of fused-ring (bicyclic) bond motifs is 2. The summed E-state index contributed by atoms with van der Waals surface area (Å²) in [5, 5.41) is 59.0. The first-order valence-corrected chi connectivity index (χ1v) is 14.8. The zero-order valence-corrected chi connectivity index (χ0v) is 25.9. The van der Waals surface area contributed by atoms with Crippen LogP contribution in [-0.4, -0.2) is 97.1 Å². The predicted molar refractivity (Wildman–Crippen MR) is 153 cm³/mol. The molecule has 0 spiro atoms. The summed E-state index contributed by atoms with van der Waals surface area (Å²) in [6, 6.07) is 8.01. The molecule has 2 fully saturated rings. The van der Waals surface area contributed by atoms with Crippen LogP contribution in [0.3, 0.4) is 0 Å². The lowest BCUT2D eigenvalue weighted by atomic mass is 9.51. The Balaban J connectivity index is 2.11. The number of carbonyl (C=O) groups is 3. The molecule has 43 heavy (non-hydrogen) atoms. The average molecular weight is 625 g/mol. The van der Waals surface area contributed by atoms with Crippen molar-refractivity contribution < 1.29 is 54.1 Å². The number of halogens is 1. The van der Waals surface area contributed by atoms with Crippen LogP contribution in [0.1, 0.15) is 64.7 Å². The highest BCUT2D eigenvalue weighted by Crippen LogP contribution is 2.66. The second-order valence-electron chi connectivity index (χ2n) is 12.8. The Bertz CT molecular complexity index is 1290. The first kappa shape index (κ1) is 33.4. The fourth-order valence-electron chi connectivity index (χ4n) is 7.96. The molecule has 0 bridgehead atoms. The maximum atomic E-state index is 13.4. The molecule has 4 rings (SSSR count). The summed E-state index contributed by atoms with van der Waals surface area (Å²) in [6.45, 7) is 8.10. The molecule has 3 aliphatic carbocycles. The Labute approximate surface area is 255 Å². The summed E-state index contributed by atoms with van der Waals surface area (Å²) in [5.74, 6) is -4.59. The number of aliphatic hydroxyl groups excluding tert-OH is 3. The molecular formula is C31H41ClO11. The van der Waals surface area contributed by atoms with Gasteiger partial charge in [0.05, 0.1) is 40.1 Å². The van der Waals surface area contributed by atoms with E-state index in [2.05, 4.69) is 0 Å². The van der Waals surface area contributed by atoms with Crippen molar-refractivity contribution in [2.24, 2.45) is 16.7 Å². The minimum atomic E-state index is -2.29. The van der Waals surface area contributed by atoms with Gasteiger partial charge >= 0.3 is 17.9 Å². The van der Waals surface area contributed by atoms with Gasteiger partial charge in [0.15, 0.2) is 0 Å². The first-order chi connectivity index (χ1) is 19.9. The lowest BCUT2D eigenvalue weighted by Crippen LogP contribution is -2.73. The molecule has 10 atom stereocenters. The normalized spacial score (nSPS) is 39.3. The minimum Gasteiger partial charge on any atom is -0.461 e. The third kappa shape index (κ3) is 5.07. The second-order valence-corrected chi connectivity index (χ2v) is 13.1. The van der Waals surface area contributed by atoms with E-state index in [1.165, 1.54) is 32.9 Å². The molecule has 12 heteroatoms. The van der Waals surface area contributed by atoms with Crippen molar-refractivity contribution >= 4 is 29.5 Å². The van der Waals surface area contributed by atoms with E-state index in [0.717, 1.165) is 13.8 Å². The smallest absolute Gasteiger partial charge is 0.338 e. The molecule has 5 N–H and O–H groups in total. The quantitative estimate of drug-likeness (QED) is 0.134. The number of rotatable bonds is 6. The molecule has 0 aromatic heterocycles. The number of hydrogen-bond donors (Lipinski definition) is 5. The zero-order valence-electron chi connectivity index (χ0n) is 25.1. The van der Waals surface area contributed by atoms with E-state index >= 15 is 0 Å². The molecule has 1 aromatic carbocycles. The molecule has 3 aliphatic rings. The van der Waals surface area contributed by atoms with Gasteiger partial charge in [-0.05, 0) is 50.5 Å². The summed E-state index contributed by atoms with van der Waals surface area (Å²) in [4.78, 5) is 38.8. The van der Waals surface area contributed by atoms with E-state index < -0.39 is 88.4 Å². The van der Waals surface area contributed by atoms with Crippen molar-refractivity contribution in [1.82, 2.24) is 0 Å². The minimum absolute atomic E-state index is 0.0557. The van der Waals surface area contributed by atoms with Crippen molar-refractivity contribution in [3.63, 3.8) is 0 Å². The molecule has 0 aliphatic heterocycles. The Morgan fingerprint density at radius 3 is 2.07 bits per heavy atom. The molecule has 11 nitrogen and oxygen atoms in total. The van der Waals surface area contributed by atoms with Crippen LogP contribution in [0.15, 0.2) is 41.5 Å². The number of alkyl halides is 1. The average Bonchev–Trinajstić information content (AvgIpc) is 3.17. The maximum Gasteiger partial charge on any atom is 0.338 e. The van der Waals surface area contributed by atoms with Crippen LogP contribution in [0, 0.1) is 16.7 Å². The van der Waals surface area contributed by atoms with Gasteiger partial charge in [-0.2, -0.15) is 0 Å². The van der Waals surface area contributed by atoms with Gasteiger partial charge in [0, 0.05) is 26.2 Å². The Hall–Kier alpha value is -2.54. The van der Waals surface area contributed by atoms with Gasteiger partial charge in [-0.25, -0.2) is 4.79 Å². The third-order valence-electron chi connectivity index (χ3n) is 9.97. The maximum absolute atomic E-state index is 13.4. The predicted octanol–water partition coefficient (Wildman–Crippen LogP) is 1.65. The molecule has 0 saturated heterocycles. The number of benzene rings is 1. The highest BCUT2D eigenvalue weighted by molar-refractivity contribution is 6.18. The van der Waals surface area contributed by atoms with Crippen molar-refractivity contribution in [2.45, 2.75) is 102 Å². The number of esters is 3. The van der Waals surface area contributed by atoms with Gasteiger partial charge in [-0.15, -0.1) is 11.6 Å². The van der Waals surface area contributed by atoms with E-state index in [1.807, 2.05) is 0 Å². The number of carbonyl (C=O) groups excluding carboxylic acids is 3. The Morgan fingerprint density at radius 2 is 1.56 bits per heavy atom. The van der Waals surface area contributed by atoms with E-state index in [-0.39, 0.29) is 29.6 Å². The van der Waals surface area contributed by atoms with Gasteiger partial charge in [0.2, 0.25) is 0 Å². The van der Waals surface area contributed by atoms with Crippen LogP contribution in [0.4, 0.5) is 0 Å². The van der Waals surface area contributed by atoms with E-state index in [9.17, 15) is 39.9 Å². The Morgan fingerprint density at radius 1 is 1.00 bits per heavy atom. The topological polar surface area (TPSA) is 180 Å². The SMILES string of the molecule is CC(=O)O[C@H]1[C@H](O)C2=C(C)[C@@H](O)C[C@@]2(C(C)(C)O)[C@@H](OC(C)=O)[C@@H]2[C@](O)(CCl)[C@@H](O)C[C@H](OC(=O)c3ccccc3)[C@]21C. The van der Waals surface area contributed by atoms with Gasteiger partial charge < -0.3 is 39.7 Å². The highest BCUT2D eigenvalue weighted by atomic mass is 35.5. The largest absolute Gasteiger partial charge is 0.461 e. The third-order valence-corrected chi connectivity index (χ3v) is 10.4. The monoisotopic (exact) mass is 624 g/mol. The molecule has 2 saturated carbocycles. The standard InChI is InChI=1S/C31H41ClO11/c1-15-19(35)13-30(28(4,5)39)22(15)23(37)25(41-16(2)33)29(6)21(43-27(38)18-10-8-7-9-11-18)12-20(36)31(40,14-32)24(29)26(30)42-17(3)34/h7-11,19-21,23-26,35-37,39-40H,12-14H2,1-6H3/t19-,20-,21-,23+,24-,25-,26-,29+,30-,31-/m0/s1. The van der Waals surface area contributed by atoms with Gasteiger partial charge in [0.25, 0.3) is 0 Å². The van der Waals surface area contributed by atoms with Gasteiger partial charge in [-0.3, -0.25) is 9.59 Å². The summed E-state index contributed by atoms with van der Waals surface area (Å²) in [6.07, 6.45) is -9.79. The molecule has 1 aromatic rings. The van der Waals surface area contributed by atoms with Crippen molar-refractivity contribution in [3.8, 4) is 0 Å². The molecular weight excluding hydrogens is 584 g/mol. The van der Waals surface area contributed by atoms with Crippen molar-refractivity contribution in [3.05, 3.63) is 47.0 Å². The van der Waals surface area contributed by atoms with E-state index in [0.29, 0.717) is 0 Å². The lowest BCUT2D eigenvalue weighted by molar-refractivity contribution is -0.275. The number of aliphatic hydroxyl groups is 5. The Kier molecular flexibility index (Phi) is 8.87. The number of ether oxygens (including phenoxy) is 3. The van der Waals surface area contributed by atoms with Crippen molar-refractivity contribution in [2.75, 3.05) is 5.88 Å². The zero-order chi connectivity index (χ0) is 32.3. The summed E-state index contributed by atoms with van der Waals surface area (Å²) in [7, 11) is 0. The van der Waals surface area contributed by atoms with Crippen LogP contribution < -0.4 is 0 Å². The van der Waals surface area contributed by atoms with Gasteiger partial charge in [-0.1, -0.05) is 25.1 Å². The summed E-state index contributed by atoms with van der Waals surface area (Å²) < 4.78 is 17.8. The van der Waals surface area contributed by atoms with Crippen LogP contribution >= 0.6 is 11.6 Å². The fraction of sp³-hybridized carbons (Fsp3) is 0.645. The molecule has 0 amide bonds.